The molecule has 0 heterocycles. The van der Waals surface area contributed by atoms with E-state index in [2.05, 4.69) is 5.32 Å². The lowest BCUT2D eigenvalue weighted by atomic mass is 10.2. The zero-order valence-corrected chi connectivity index (χ0v) is 10.3. The van der Waals surface area contributed by atoms with Crippen LogP contribution in [-0.2, 0) is 20.9 Å². The fourth-order valence-electron chi connectivity index (χ4n) is 1.47. The second-order valence-electron chi connectivity index (χ2n) is 4.04. The van der Waals surface area contributed by atoms with E-state index in [9.17, 15) is 9.59 Å². The maximum absolute atomic E-state index is 11.4. The molecule has 0 aliphatic carbocycles. The summed E-state index contributed by atoms with van der Waals surface area (Å²) in [7, 11) is 0. The minimum atomic E-state index is -0.937. The fourth-order valence-corrected chi connectivity index (χ4v) is 1.47. The van der Waals surface area contributed by atoms with E-state index >= 15 is 0 Å². The fraction of sp³-hybridized carbons (Fsp3) is 0.385. The van der Waals surface area contributed by atoms with E-state index in [1.165, 1.54) is 0 Å². The number of carbonyl (C=O) groups is 2. The summed E-state index contributed by atoms with van der Waals surface area (Å²) in [6.45, 7) is 1.93. The Labute approximate surface area is 106 Å². The molecular weight excluding hydrogens is 234 g/mol. The minimum Gasteiger partial charge on any atom is -0.481 e. The molecule has 18 heavy (non-hydrogen) atoms. The van der Waals surface area contributed by atoms with Crippen molar-refractivity contribution in [3.63, 3.8) is 0 Å². The second-order valence-corrected chi connectivity index (χ2v) is 4.04. The molecule has 0 bridgehead atoms. The van der Waals surface area contributed by atoms with Crippen LogP contribution < -0.4 is 5.32 Å². The van der Waals surface area contributed by atoms with Gasteiger partial charge in [0.1, 0.15) is 6.61 Å². The first-order valence-corrected chi connectivity index (χ1v) is 5.70. The maximum Gasteiger partial charge on any atom is 0.305 e. The quantitative estimate of drug-likeness (QED) is 0.763. The number of carboxylic acid groups (broad SMARTS) is 1. The topological polar surface area (TPSA) is 75.6 Å². The first-order chi connectivity index (χ1) is 8.58. The van der Waals surface area contributed by atoms with Crippen molar-refractivity contribution in [3.05, 3.63) is 35.9 Å². The molecule has 0 saturated heterocycles. The van der Waals surface area contributed by atoms with Gasteiger partial charge in [0.15, 0.2) is 0 Å². The Morgan fingerprint density at radius 1 is 1.33 bits per heavy atom. The van der Waals surface area contributed by atoms with E-state index in [0.29, 0.717) is 6.61 Å². The summed E-state index contributed by atoms with van der Waals surface area (Å²) in [4.78, 5) is 21.8. The molecule has 0 spiro atoms. The molecule has 1 unspecified atom stereocenters. The van der Waals surface area contributed by atoms with Gasteiger partial charge in [0, 0.05) is 6.04 Å². The van der Waals surface area contributed by atoms with Crippen molar-refractivity contribution < 1.29 is 19.4 Å². The molecule has 0 aliphatic heterocycles. The van der Waals surface area contributed by atoms with E-state index in [4.69, 9.17) is 9.84 Å². The third kappa shape index (κ3) is 6.00. The van der Waals surface area contributed by atoms with Gasteiger partial charge in [-0.1, -0.05) is 30.3 Å². The van der Waals surface area contributed by atoms with Crippen molar-refractivity contribution in [3.8, 4) is 0 Å². The van der Waals surface area contributed by atoms with Crippen molar-refractivity contribution in [1.82, 2.24) is 5.32 Å². The van der Waals surface area contributed by atoms with Crippen LogP contribution in [0, 0.1) is 0 Å². The molecule has 0 fully saturated rings. The highest BCUT2D eigenvalue weighted by molar-refractivity contribution is 5.78. The minimum absolute atomic E-state index is 0.0706. The first-order valence-electron chi connectivity index (χ1n) is 5.70. The molecule has 5 heteroatoms. The lowest BCUT2D eigenvalue weighted by Crippen LogP contribution is -2.36. The second kappa shape index (κ2) is 7.45. The van der Waals surface area contributed by atoms with Crippen molar-refractivity contribution in [2.75, 3.05) is 6.61 Å². The van der Waals surface area contributed by atoms with E-state index < -0.39 is 12.0 Å². The summed E-state index contributed by atoms with van der Waals surface area (Å²) in [6.07, 6.45) is -0.0928. The van der Waals surface area contributed by atoms with Crippen molar-refractivity contribution >= 4 is 11.9 Å². The van der Waals surface area contributed by atoms with Gasteiger partial charge in [-0.3, -0.25) is 9.59 Å². The lowest BCUT2D eigenvalue weighted by molar-refractivity contribution is -0.137. The molecule has 0 aromatic heterocycles. The number of ether oxygens (including phenoxy) is 1. The van der Waals surface area contributed by atoms with Crippen LogP contribution in [0.1, 0.15) is 18.9 Å². The van der Waals surface area contributed by atoms with Gasteiger partial charge in [0.05, 0.1) is 13.0 Å². The third-order valence-corrected chi connectivity index (χ3v) is 2.23. The predicted octanol–water partition coefficient (Wildman–Crippen LogP) is 1.18. The van der Waals surface area contributed by atoms with Crippen LogP contribution in [0.5, 0.6) is 0 Å². The van der Waals surface area contributed by atoms with Crippen molar-refractivity contribution in [2.45, 2.75) is 26.0 Å². The molecule has 5 nitrogen and oxygen atoms in total. The Morgan fingerprint density at radius 3 is 2.61 bits per heavy atom. The number of benzene rings is 1. The van der Waals surface area contributed by atoms with Gasteiger partial charge in [0.25, 0.3) is 0 Å². The Morgan fingerprint density at radius 2 is 2.00 bits per heavy atom. The number of rotatable bonds is 7. The average molecular weight is 251 g/mol. The van der Waals surface area contributed by atoms with Gasteiger partial charge in [0.2, 0.25) is 5.91 Å². The monoisotopic (exact) mass is 251 g/mol. The Bertz CT molecular complexity index is 391. The van der Waals surface area contributed by atoms with Crippen molar-refractivity contribution in [1.29, 1.82) is 0 Å². The molecule has 2 N–H and O–H groups in total. The van der Waals surface area contributed by atoms with Crippen LogP contribution >= 0.6 is 0 Å². The summed E-state index contributed by atoms with van der Waals surface area (Å²) in [5, 5.41) is 11.1. The standard InChI is InChI=1S/C13H17NO4/c1-10(7-13(16)17)14-12(15)9-18-8-11-5-3-2-4-6-11/h2-6,10H,7-9H2,1H3,(H,14,15)(H,16,17). The van der Waals surface area contributed by atoms with Gasteiger partial charge in [-0.15, -0.1) is 0 Å². The van der Waals surface area contributed by atoms with E-state index in [1.54, 1.807) is 6.92 Å². The Kier molecular flexibility index (Phi) is 5.87. The van der Waals surface area contributed by atoms with Gasteiger partial charge >= 0.3 is 5.97 Å². The molecule has 1 atom stereocenters. The molecule has 1 aromatic carbocycles. The SMILES string of the molecule is CC(CC(=O)O)NC(=O)COCc1ccccc1. The number of carbonyl (C=O) groups excluding carboxylic acids is 1. The number of nitrogens with one attached hydrogen (secondary N) is 1. The van der Waals surface area contributed by atoms with Gasteiger partial charge < -0.3 is 15.2 Å². The summed E-state index contributed by atoms with van der Waals surface area (Å²) < 4.78 is 5.23. The first kappa shape index (κ1) is 14.2. The number of amides is 1. The third-order valence-electron chi connectivity index (χ3n) is 2.23. The molecule has 0 radical (unpaired) electrons. The van der Waals surface area contributed by atoms with Crippen LogP contribution in [0.2, 0.25) is 0 Å². The van der Waals surface area contributed by atoms with Crippen LogP contribution in [0.3, 0.4) is 0 Å². The van der Waals surface area contributed by atoms with Gasteiger partial charge in [-0.05, 0) is 12.5 Å². The number of hydrogen-bond donors (Lipinski definition) is 2. The van der Waals surface area contributed by atoms with Crippen LogP contribution in [0.4, 0.5) is 0 Å². The summed E-state index contributed by atoms with van der Waals surface area (Å²) in [6, 6.07) is 9.12. The molecule has 1 aromatic rings. The molecule has 98 valence electrons. The predicted molar refractivity (Wildman–Crippen MR) is 66.0 cm³/mol. The van der Waals surface area contributed by atoms with Gasteiger partial charge in [-0.25, -0.2) is 0 Å². The Hall–Kier alpha value is -1.88. The Balaban J connectivity index is 2.19. The number of aliphatic carboxylic acids is 1. The average Bonchev–Trinajstić information content (AvgIpc) is 2.29. The van der Waals surface area contributed by atoms with Crippen LogP contribution in [0.25, 0.3) is 0 Å². The van der Waals surface area contributed by atoms with E-state index in [1.807, 2.05) is 30.3 Å². The van der Waals surface area contributed by atoms with Crippen LogP contribution in [-0.4, -0.2) is 29.6 Å². The summed E-state index contributed by atoms with van der Waals surface area (Å²) >= 11 is 0. The number of hydrogen-bond acceptors (Lipinski definition) is 3. The highest BCUT2D eigenvalue weighted by Gasteiger charge is 2.10. The molecule has 1 amide bonds. The molecule has 1 rings (SSSR count). The highest BCUT2D eigenvalue weighted by atomic mass is 16.5. The molecule has 0 aliphatic rings. The maximum atomic E-state index is 11.4. The summed E-state index contributed by atoms with van der Waals surface area (Å²) in [5.41, 5.74) is 0.990. The summed E-state index contributed by atoms with van der Waals surface area (Å²) in [5.74, 6) is -1.24. The number of carboxylic acids is 1. The van der Waals surface area contributed by atoms with Crippen molar-refractivity contribution in [2.24, 2.45) is 0 Å². The van der Waals surface area contributed by atoms with Crippen LogP contribution in [0.15, 0.2) is 30.3 Å². The lowest BCUT2D eigenvalue weighted by Gasteiger charge is -2.11. The zero-order valence-electron chi connectivity index (χ0n) is 10.3. The smallest absolute Gasteiger partial charge is 0.305 e. The zero-order chi connectivity index (χ0) is 13.4. The van der Waals surface area contributed by atoms with E-state index in [-0.39, 0.29) is 18.9 Å². The highest BCUT2D eigenvalue weighted by Crippen LogP contribution is 2.00. The molecular formula is C13H17NO4. The largest absolute Gasteiger partial charge is 0.481 e. The molecule has 0 saturated carbocycles. The van der Waals surface area contributed by atoms with E-state index in [0.717, 1.165) is 5.56 Å². The van der Waals surface area contributed by atoms with Gasteiger partial charge in [-0.2, -0.15) is 0 Å². The normalized spacial score (nSPS) is 11.8.